The fourth-order valence-corrected chi connectivity index (χ4v) is 3.36. The maximum Gasteiger partial charge on any atom is 0.146 e. The van der Waals surface area contributed by atoms with Crippen LogP contribution in [0.25, 0.3) is 0 Å². The van der Waals surface area contributed by atoms with Crippen LogP contribution in [0.15, 0.2) is 12.2 Å². The Morgan fingerprint density at radius 2 is 1.12 bits per heavy atom. The van der Waals surface area contributed by atoms with E-state index >= 15 is 0 Å². The van der Waals surface area contributed by atoms with Gasteiger partial charge in [-0.1, -0.05) is 106 Å². The number of hydrogen-bond acceptors (Lipinski definition) is 2. The highest BCUT2D eigenvalue weighted by molar-refractivity contribution is 9.09. The summed E-state index contributed by atoms with van der Waals surface area (Å²) in [5.74, 6) is 0. The Morgan fingerprint density at radius 1 is 0.577 bits per heavy atom. The molecule has 2 nitrogen and oxygen atoms in total. The number of hydrogen-bond donors (Lipinski definition) is 0. The third-order valence-corrected chi connectivity index (χ3v) is 5.22. The highest BCUT2D eigenvalue weighted by atomic mass is 79.9. The molecule has 26 heavy (non-hydrogen) atoms. The first-order chi connectivity index (χ1) is 12.9. The Labute approximate surface area is 172 Å². The zero-order valence-electron chi connectivity index (χ0n) is 17.5. The standard InChI is InChI=1S/C23H45BrO2/c1-2-3-4-5-15-18-21-25-23-26-22-19-16-13-11-9-7-6-8-10-12-14-17-20-24/h13,16H,2-12,14-15,17-23H2,1H3. The van der Waals surface area contributed by atoms with Crippen molar-refractivity contribution in [2.75, 3.05) is 25.3 Å². The van der Waals surface area contributed by atoms with Crippen LogP contribution in [0, 0.1) is 0 Å². The van der Waals surface area contributed by atoms with Crippen LogP contribution in [0.2, 0.25) is 0 Å². The van der Waals surface area contributed by atoms with Gasteiger partial charge in [0.2, 0.25) is 0 Å². The van der Waals surface area contributed by atoms with Crippen molar-refractivity contribution in [1.29, 1.82) is 0 Å². The molecule has 0 aliphatic heterocycles. The summed E-state index contributed by atoms with van der Waals surface area (Å²) in [5, 5.41) is 1.16. The highest BCUT2D eigenvalue weighted by Crippen LogP contribution is 2.10. The molecule has 0 saturated heterocycles. The summed E-state index contributed by atoms with van der Waals surface area (Å²) in [7, 11) is 0. The Morgan fingerprint density at radius 3 is 1.81 bits per heavy atom. The number of ether oxygens (including phenoxy) is 2. The van der Waals surface area contributed by atoms with Crippen LogP contribution < -0.4 is 0 Å². The Kier molecular flexibility index (Phi) is 25.3. The van der Waals surface area contributed by atoms with E-state index in [0.29, 0.717) is 6.79 Å². The minimum atomic E-state index is 0.457. The topological polar surface area (TPSA) is 18.5 Å². The molecule has 0 aliphatic rings. The maximum absolute atomic E-state index is 5.50. The van der Waals surface area contributed by atoms with Crippen LogP contribution in [0.3, 0.4) is 0 Å². The summed E-state index contributed by atoms with van der Waals surface area (Å²) in [4.78, 5) is 0. The normalized spacial score (nSPS) is 11.6. The quantitative estimate of drug-likeness (QED) is 0.0741. The summed E-state index contributed by atoms with van der Waals surface area (Å²) < 4.78 is 11.0. The van der Waals surface area contributed by atoms with Gasteiger partial charge in [-0.3, -0.25) is 0 Å². The first-order valence-corrected chi connectivity index (χ1v) is 12.4. The number of unbranched alkanes of at least 4 members (excludes halogenated alkanes) is 13. The van der Waals surface area contributed by atoms with Crippen molar-refractivity contribution in [3.05, 3.63) is 12.2 Å². The van der Waals surface area contributed by atoms with E-state index in [1.54, 1.807) is 0 Å². The Hall–Kier alpha value is 0.140. The van der Waals surface area contributed by atoms with E-state index in [0.717, 1.165) is 25.0 Å². The van der Waals surface area contributed by atoms with Gasteiger partial charge in [-0.25, -0.2) is 0 Å². The van der Waals surface area contributed by atoms with Gasteiger partial charge in [0.1, 0.15) is 6.79 Å². The molecule has 0 spiro atoms. The molecule has 0 aromatic heterocycles. The van der Waals surface area contributed by atoms with Crippen LogP contribution in [-0.2, 0) is 9.47 Å². The van der Waals surface area contributed by atoms with Crippen LogP contribution in [0.4, 0.5) is 0 Å². The van der Waals surface area contributed by atoms with Gasteiger partial charge in [-0.2, -0.15) is 0 Å². The second kappa shape index (κ2) is 25.1. The van der Waals surface area contributed by atoms with Crippen LogP contribution in [0.5, 0.6) is 0 Å². The fraction of sp³-hybridized carbons (Fsp3) is 0.913. The van der Waals surface area contributed by atoms with Gasteiger partial charge in [-0.05, 0) is 32.1 Å². The summed E-state index contributed by atoms with van der Waals surface area (Å²) >= 11 is 3.49. The maximum atomic E-state index is 5.50. The first-order valence-electron chi connectivity index (χ1n) is 11.3. The first kappa shape index (κ1) is 26.1. The van der Waals surface area contributed by atoms with Gasteiger partial charge in [0, 0.05) is 11.9 Å². The van der Waals surface area contributed by atoms with E-state index in [9.17, 15) is 0 Å². The van der Waals surface area contributed by atoms with Gasteiger partial charge >= 0.3 is 0 Å². The summed E-state index contributed by atoms with van der Waals surface area (Å²) in [6.07, 6.45) is 25.8. The van der Waals surface area contributed by atoms with Gasteiger partial charge in [0.25, 0.3) is 0 Å². The van der Waals surface area contributed by atoms with Crippen molar-refractivity contribution >= 4 is 15.9 Å². The minimum absolute atomic E-state index is 0.457. The van der Waals surface area contributed by atoms with Crippen molar-refractivity contribution in [2.24, 2.45) is 0 Å². The molecule has 0 aromatic rings. The zero-order chi connectivity index (χ0) is 19.0. The SMILES string of the molecule is CCCCCCCCOCOCCC=CCCCCCCCCCCBr. The largest absolute Gasteiger partial charge is 0.355 e. The second-order valence-corrected chi connectivity index (χ2v) is 8.06. The minimum Gasteiger partial charge on any atom is -0.355 e. The number of halogens is 1. The molecule has 0 fully saturated rings. The van der Waals surface area contributed by atoms with E-state index in [1.165, 1.54) is 96.3 Å². The Balaban J connectivity index is 3.04. The lowest BCUT2D eigenvalue weighted by atomic mass is 10.1. The summed E-state index contributed by atoms with van der Waals surface area (Å²) in [6, 6.07) is 0. The lowest BCUT2D eigenvalue weighted by Crippen LogP contribution is -2.02. The molecule has 0 atom stereocenters. The predicted octanol–water partition coefficient (Wildman–Crippen LogP) is 8.19. The van der Waals surface area contributed by atoms with E-state index in [2.05, 4.69) is 35.0 Å². The van der Waals surface area contributed by atoms with E-state index < -0.39 is 0 Å². The molecular formula is C23H45BrO2. The van der Waals surface area contributed by atoms with Crippen molar-refractivity contribution in [2.45, 2.75) is 110 Å². The van der Waals surface area contributed by atoms with Crippen LogP contribution >= 0.6 is 15.9 Å². The molecule has 156 valence electrons. The molecule has 0 rings (SSSR count). The van der Waals surface area contributed by atoms with Crippen LogP contribution in [0.1, 0.15) is 110 Å². The molecule has 0 aromatic carbocycles. The average Bonchev–Trinajstić information content (AvgIpc) is 2.66. The number of rotatable bonds is 22. The van der Waals surface area contributed by atoms with Crippen molar-refractivity contribution in [3.63, 3.8) is 0 Å². The molecule has 0 N–H and O–H groups in total. The third kappa shape index (κ3) is 24.1. The molecule has 3 heteroatoms. The van der Waals surface area contributed by atoms with Crippen molar-refractivity contribution < 1.29 is 9.47 Å². The third-order valence-electron chi connectivity index (χ3n) is 4.66. The van der Waals surface area contributed by atoms with Gasteiger partial charge < -0.3 is 9.47 Å². The molecule has 0 radical (unpaired) electrons. The van der Waals surface area contributed by atoms with Gasteiger partial charge in [-0.15, -0.1) is 0 Å². The van der Waals surface area contributed by atoms with E-state index in [-0.39, 0.29) is 0 Å². The number of alkyl halides is 1. The average molecular weight is 434 g/mol. The smallest absolute Gasteiger partial charge is 0.146 e. The second-order valence-electron chi connectivity index (χ2n) is 7.27. The molecule has 0 heterocycles. The summed E-state index contributed by atoms with van der Waals surface area (Å²) in [6.45, 7) is 4.34. The molecule has 0 aliphatic carbocycles. The molecule has 0 bridgehead atoms. The molecule has 0 unspecified atom stereocenters. The van der Waals surface area contributed by atoms with Crippen molar-refractivity contribution in [3.8, 4) is 0 Å². The number of allylic oxidation sites excluding steroid dienone is 1. The molecular weight excluding hydrogens is 388 g/mol. The van der Waals surface area contributed by atoms with Gasteiger partial charge in [0.05, 0.1) is 6.61 Å². The molecule has 0 saturated carbocycles. The molecule has 0 amide bonds. The predicted molar refractivity (Wildman–Crippen MR) is 119 cm³/mol. The Bertz CT molecular complexity index is 269. The zero-order valence-corrected chi connectivity index (χ0v) is 19.1. The van der Waals surface area contributed by atoms with Crippen molar-refractivity contribution in [1.82, 2.24) is 0 Å². The fourth-order valence-electron chi connectivity index (χ4n) is 2.97. The lowest BCUT2D eigenvalue weighted by molar-refractivity contribution is -0.0531. The monoisotopic (exact) mass is 432 g/mol. The van der Waals surface area contributed by atoms with Gasteiger partial charge in [0.15, 0.2) is 0 Å². The van der Waals surface area contributed by atoms with E-state index in [1.807, 2.05) is 0 Å². The van der Waals surface area contributed by atoms with E-state index in [4.69, 9.17) is 9.47 Å². The van der Waals surface area contributed by atoms with Crippen LogP contribution in [-0.4, -0.2) is 25.3 Å². The summed E-state index contributed by atoms with van der Waals surface area (Å²) in [5.41, 5.74) is 0. The highest BCUT2D eigenvalue weighted by Gasteiger charge is 1.93. The lowest BCUT2D eigenvalue weighted by Gasteiger charge is -2.04.